The summed E-state index contributed by atoms with van der Waals surface area (Å²) in [6, 6.07) is 45.0. The van der Waals surface area contributed by atoms with Gasteiger partial charge in [0.1, 0.15) is 34.5 Å². The van der Waals surface area contributed by atoms with E-state index in [0.29, 0.717) is 0 Å². The molecule has 0 atom stereocenters. The van der Waals surface area contributed by atoms with Gasteiger partial charge in [0.2, 0.25) is 0 Å². The molecule has 0 heterocycles. The van der Waals surface area contributed by atoms with Crippen LogP contribution in [0.2, 0.25) is 0 Å². The Labute approximate surface area is 337 Å². The Morgan fingerprint density at radius 2 is 0.545 bits per heavy atom. The number of thioether (sulfide) groups is 3. The van der Waals surface area contributed by atoms with Crippen LogP contribution in [0.5, 0.6) is 34.5 Å². The summed E-state index contributed by atoms with van der Waals surface area (Å²) in [4.78, 5) is 3.60. The van der Waals surface area contributed by atoms with Gasteiger partial charge in [-0.15, -0.1) is 35.3 Å². The quantitative estimate of drug-likeness (QED) is 0.0626. The van der Waals surface area contributed by atoms with E-state index < -0.39 is 0 Å². The molecule has 0 fully saturated rings. The van der Waals surface area contributed by atoms with Gasteiger partial charge in [-0.05, 0) is 106 Å². The number of rotatable bonds is 18. The average molecular weight is 791 g/mol. The van der Waals surface area contributed by atoms with Crippen LogP contribution in [-0.4, -0.2) is 42.7 Å². The molecule has 0 aliphatic carbocycles. The molecule has 0 N–H and O–H groups in total. The molecule has 0 aromatic heterocycles. The van der Waals surface area contributed by atoms with E-state index in [1.165, 1.54) is 31.4 Å². The van der Waals surface area contributed by atoms with Gasteiger partial charge >= 0.3 is 0 Å². The predicted octanol–water partition coefficient (Wildman–Crippen LogP) is 11.8. The largest absolute Gasteiger partial charge is 0.497 e. The van der Waals surface area contributed by atoms with Crippen LogP contribution in [0.1, 0.15) is 39.3 Å². The number of ether oxygens (including phenoxy) is 6. The second-order valence-electron chi connectivity index (χ2n) is 12.7. The lowest BCUT2D eigenvalue weighted by Gasteiger charge is -2.20. The summed E-state index contributed by atoms with van der Waals surface area (Å²) < 4.78 is 32.9. The van der Waals surface area contributed by atoms with Crippen LogP contribution in [0.3, 0.4) is 0 Å². The van der Waals surface area contributed by atoms with Crippen molar-refractivity contribution in [2.24, 2.45) is 0 Å². The van der Waals surface area contributed by atoms with Crippen LogP contribution < -0.4 is 28.4 Å². The Morgan fingerprint density at radius 1 is 0.327 bits per heavy atom. The number of hydrogen-bond acceptors (Lipinski definition) is 9. The molecule has 9 heteroatoms. The van der Waals surface area contributed by atoms with Gasteiger partial charge in [-0.3, -0.25) is 0 Å². The van der Waals surface area contributed by atoms with Gasteiger partial charge in [0.15, 0.2) is 0 Å². The molecule has 0 unspecified atom stereocenters. The van der Waals surface area contributed by atoms with Crippen LogP contribution in [0.25, 0.3) is 0 Å². The van der Waals surface area contributed by atoms with Crippen molar-refractivity contribution in [3.63, 3.8) is 0 Å². The zero-order valence-electron chi connectivity index (χ0n) is 32.0. The molecular weight excluding hydrogens is 745 g/mol. The molecule has 6 aromatic carbocycles. The van der Waals surface area contributed by atoms with Gasteiger partial charge in [0, 0.05) is 56.1 Å². The van der Waals surface area contributed by atoms with E-state index in [0.717, 1.165) is 68.4 Å². The number of methoxy groups -OCH3 is 6. The fraction of sp³-hybridized carbons (Fsp3) is 0.217. The standard InChI is InChI=1S/C46H46O6S3/c1-47-37-19-31(20-38(25-37)48-2)28-53-43-13-7-34(8-14-43)46(35-9-15-44(16-10-35)54-29-32-21-39(49-3)26-40(22-32)50-4)36-11-17-45(18-12-36)55-30-33-23-41(51-5)27-42(24-33)52-6/h7-27,46H,28-30H2,1-6H3. The van der Waals surface area contributed by atoms with Crippen LogP contribution >= 0.6 is 35.3 Å². The highest BCUT2D eigenvalue weighted by Crippen LogP contribution is 2.37. The molecule has 0 saturated carbocycles. The van der Waals surface area contributed by atoms with Crippen molar-refractivity contribution >= 4 is 35.3 Å². The normalized spacial score (nSPS) is 11.0. The molecule has 6 rings (SSSR count). The van der Waals surface area contributed by atoms with Crippen molar-refractivity contribution in [1.82, 2.24) is 0 Å². The Morgan fingerprint density at radius 3 is 0.745 bits per heavy atom. The van der Waals surface area contributed by atoms with Crippen molar-refractivity contribution in [2.75, 3.05) is 42.7 Å². The topological polar surface area (TPSA) is 55.4 Å². The number of benzene rings is 6. The number of hydrogen-bond donors (Lipinski definition) is 0. The van der Waals surface area contributed by atoms with Crippen LogP contribution in [0, 0.1) is 0 Å². The highest BCUT2D eigenvalue weighted by molar-refractivity contribution is 7.99. The van der Waals surface area contributed by atoms with Crippen molar-refractivity contribution in [3.05, 3.63) is 161 Å². The van der Waals surface area contributed by atoms with E-state index >= 15 is 0 Å². The summed E-state index contributed by atoms with van der Waals surface area (Å²) in [5.41, 5.74) is 7.15. The SMILES string of the molecule is COc1cc(CSc2ccc(C(c3ccc(SCc4cc(OC)cc(OC)c4)cc3)c3ccc(SCc4cc(OC)cc(OC)c4)cc3)cc2)cc(OC)c1. The molecule has 284 valence electrons. The van der Waals surface area contributed by atoms with Crippen molar-refractivity contribution < 1.29 is 28.4 Å². The first-order valence-corrected chi connectivity index (χ1v) is 20.7. The lowest BCUT2D eigenvalue weighted by Crippen LogP contribution is -2.03. The van der Waals surface area contributed by atoms with E-state index in [-0.39, 0.29) is 5.92 Å². The third-order valence-corrected chi connectivity index (χ3v) is 12.3. The Kier molecular flexibility index (Phi) is 14.2. The summed E-state index contributed by atoms with van der Waals surface area (Å²) in [5.74, 6) is 7.24. The summed E-state index contributed by atoms with van der Waals surface area (Å²) in [6.45, 7) is 0. The molecule has 0 aliphatic heterocycles. The van der Waals surface area contributed by atoms with Gasteiger partial charge in [-0.25, -0.2) is 0 Å². The molecule has 0 amide bonds. The molecule has 6 aromatic rings. The van der Waals surface area contributed by atoms with Crippen molar-refractivity contribution in [2.45, 2.75) is 37.9 Å². The van der Waals surface area contributed by atoms with E-state index in [4.69, 9.17) is 28.4 Å². The van der Waals surface area contributed by atoms with Gasteiger partial charge < -0.3 is 28.4 Å². The Bertz CT molecular complexity index is 1830. The monoisotopic (exact) mass is 790 g/mol. The second-order valence-corrected chi connectivity index (χ2v) is 15.8. The molecule has 0 spiro atoms. The molecule has 0 bridgehead atoms. The fourth-order valence-corrected chi connectivity index (χ4v) is 8.68. The van der Waals surface area contributed by atoms with Crippen LogP contribution in [0.15, 0.2) is 142 Å². The maximum atomic E-state index is 5.48. The Balaban J connectivity index is 1.21. The minimum absolute atomic E-state index is 0.0603. The van der Waals surface area contributed by atoms with Gasteiger partial charge in [0.25, 0.3) is 0 Å². The predicted molar refractivity (Wildman–Crippen MR) is 228 cm³/mol. The molecule has 0 radical (unpaired) electrons. The lowest BCUT2D eigenvalue weighted by atomic mass is 9.85. The minimum atomic E-state index is 0.0603. The maximum Gasteiger partial charge on any atom is 0.122 e. The molecular formula is C46H46O6S3. The minimum Gasteiger partial charge on any atom is -0.497 e. The third-order valence-electron chi connectivity index (χ3n) is 9.09. The molecule has 0 aliphatic rings. The van der Waals surface area contributed by atoms with E-state index in [2.05, 4.69) is 109 Å². The second kappa shape index (κ2) is 19.7. The highest BCUT2D eigenvalue weighted by Gasteiger charge is 2.18. The summed E-state index contributed by atoms with van der Waals surface area (Å²) in [6.07, 6.45) is 0. The fourth-order valence-electron chi connectivity index (χ4n) is 6.20. The first-order chi connectivity index (χ1) is 26.9. The van der Waals surface area contributed by atoms with E-state index in [1.807, 2.05) is 18.2 Å². The zero-order chi connectivity index (χ0) is 38.6. The average Bonchev–Trinajstić information content (AvgIpc) is 3.25. The molecule has 0 saturated heterocycles. The lowest BCUT2D eigenvalue weighted by molar-refractivity contribution is 0.393. The molecule has 6 nitrogen and oxygen atoms in total. The molecule has 55 heavy (non-hydrogen) atoms. The van der Waals surface area contributed by atoms with Gasteiger partial charge in [0.05, 0.1) is 42.7 Å². The Hall–Kier alpha value is -4.83. The summed E-state index contributed by atoms with van der Waals surface area (Å²) in [5, 5.41) is 0. The zero-order valence-corrected chi connectivity index (χ0v) is 34.4. The maximum absolute atomic E-state index is 5.48. The van der Waals surface area contributed by atoms with E-state index in [1.54, 1.807) is 77.9 Å². The van der Waals surface area contributed by atoms with Crippen molar-refractivity contribution in [3.8, 4) is 34.5 Å². The smallest absolute Gasteiger partial charge is 0.122 e. The highest BCUT2D eigenvalue weighted by atomic mass is 32.2. The van der Waals surface area contributed by atoms with Crippen LogP contribution in [-0.2, 0) is 17.3 Å². The third kappa shape index (κ3) is 10.9. The summed E-state index contributed by atoms with van der Waals surface area (Å²) in [7, 11) is 10.1. The van der Waals surface area contributed by atoms with Crippen molar-refractivity contribution in [1.29, 1.82) is 0 Å². The van der Waals surface area contributed by atoms with E-state index in [9.17, 15) is 0 Å². The van der Waals surface area contributed by atoms with Gasteiger partial charge in [-0.1, -0.05) is 36.4 Å². The summed E-state index contributed by atoms with van der Waals surface area (Å²) >= 11 is 5.39. The van der Waals surface area contributed by atoms with Crippen LogP contribution in [0.4, 0.5) is 0 Å². The first-order valence-electron chi connectivity index (χ1n) is 17.7. The van der Waals surface area contributed by atoms with Gasteiger partial charge in [-0.2, -0.15) is 0 Å². The first kappa shape index (κ1) is 39.9.